The molecule has 6 nitrogen and oxygen atoms in total. The van der Waals surface area contributed by atoms with Crippen molar-refractivity contribution >= 4 is 11.6 Å². The molecule has 0 unspecified atom stereocenters. The molecule has 0 saturated carbocycles. The summed E-state index contributed by atoms with van der Waals surface area (Å²) in [4.78, 5) is 22.0. The first-order valence-electron chi connectivity index (χ1n) is 6.83. The normalized spacial score (nSPS) is 10.4. The summed E-state index contributed by atoms with van der Waals surface area (Å²) in [6.45, 7) is 0.632. The fourth-order valence-electron chi connectivity index (χ4n) is 2.12. The Labute approximate surface area is 128 Å². The Bertz CT molecular complexity index is 738. The van der Waals surface area contributed by atoms with E-state index in [1.807, 2.05) is 30.3 Å². The maximum atomic E-state index is 12.4. The van der Waals surface area contributed by atoms with Gasteiger partial charge in [-0.2, -0.15) is 5.10 Å². The van der Waals surface area contributed by atoms with Crippen molar-refractivity contribution in [2.75, 3.05) is 11.9 Å². The molecule has 2 aromatic heterocycles. The average molecular weight is 293 g/mol. The van der Waals surface area contributed by atoms with Crippen LogP contribution in [0.5, 0.6) is 0 Å². The Morgan fingerprint density at radius 3 is 2.64 bits per heavy atom. The summed E-state index contributed by atoms with van der Waals surface area (Å²) in [6.07, 6.45) is 6.51. The number of amides is 1. The predicted molar refractivity (Wildman–Crippen MR) is 82.5 cm³/mol. The maximum Gasteiger partial charge on any atom is 0.258 e. The molecule has 0 saturated heterocycles. The van der Waals surface area contributed by atoms with Crippen molar-refractivity contribution in [3.8, 4) is 0 Å². The standard InChI is InChI=1S/C16H15N5O/c1-20(15-3-2-8-17-9-15)16(22)14-6-4-13(5-7-14)10-21-12-18-11-19-21/h2-9,11-12H,10H2,1H3. The van der Waals surface area contributed by atoms with E-state index in [1.165, 1.54) is 6.33 Å². The minimum atomic E-state index is -0.0692. The van der Waals surface area contributed by atoms with Crippen molar-refractivity contribution in [1.29, 1.82) is 0 Å². The van der Waals surface area contributed by atoms with E-state index in [1.54, 1.807) is 41.4 Å². The van der Waals surface area contributed by atoms with Gasteiger partial charge < -0.3 is 4.90 Å². The number of hydrogen-bond acceptors (Lipinski definition) is 4. The zero-order valence-electron chi connectivity index (χ0n) is 12.1. The third-order valence-corrected chi connectivity index (χ3v) is 3.35. The number of anilines is 1. The molecule has 110 valence electrons. The number of rotatable bonds is 4. The molecule has 0 radical (unpaired) electrons. The molecular weight excluding hydrogens is 278 g/mol. The second-order valence-corrected chi connectivity index (χ2v) is 4.87. The van der Waals surface area contributed by atoms with Crippen LogP contribution in [0.2, 0.25) is 0 Å². The summed E-state index contributed by atoms with van der Waals surface area (Å²) in [5.41, 5.74) is 2.46. The van der Waals surface area contributed by atoms with Gasteiger partial charge in [0.15, 0.2) is 0 Å². The number of hydrogen-bond donors (Lipinski definition) is 0. The van der Waals surface area contributed by atoms with Crippen LogP contribution in [0.1, 0.15) is 15.9 Å². The topological polar surface area (TPSA) is 63.9 Å². The van der Waals surface area contributed by atoms with Crippen LogP contribution in [0.15, 0.2) is 61.4 Å². The minimum Gasteiger partial charge on any atom is -0.310 e. The molecular formula is C16H15N5O. The Kier molecular flexibility index (Phi) is 3.91. The zero-order chi connectivity index (χ0) is 15.4. The highest BCUT2D eigenvalue weighted by Crippen LogP contribution is 2.14. The van der Waals surface area contributed by atoms with Crippen LogP contribution in [0.3, 0.4) is 0 Å². The van der Waals surface area contributed by atoms with E-state index in [-0.39, 0.29) is 5.91 Å². The molecule has 0 spiro atoms. The highest BCUT2D eigenvalue weighted by atomic mass is 16.2. The third kappa shape index (κ3) is 3.01. The molecule has 1 aromatic carbocycles. The van der Waals surface area contributed by atoms with E-state index in [9.17, 15) is 4.79 Å². The van der Waals surface area contributed by atoms with Crippen molar-refractivity contribution in [3.05, 3.63) is 72.6 Å². The van der Waals surface area contributed by atoms with Crippen LogP contribution in [0.4, 0.5) is 5.69 Å². The van der Waals surface area contributed by atoms with Gasteiger partial charge in [-0.05, 0) is 29.8 Å². The van der Waals surface area contributed by atoms with Gasteiger partial charge in [0, 0.05) is 18.8 Å². The smallest absolute Gasteiger partial charge is 0.258 e. The Hall–Kier alpha value is -3.02. The second kappa shape index (κ2) is 6.17. The minimum absolute atomic E-state index is 0.0692. The third-order valence-electron chi connectivity index (χ3n) is 3.35. The van der Waals surface area contributed by atoms with Gasteiger partial charge in [-0.1, -0.05) is 12.1 Å². The van der Waals surface area contributed by atoms with Crippen molar-refractivity contribution in [2.24, 2.45) is 0 Å². The number of benzene rings is 1. The summed E-state index contributed by atoms with van der Waals surface area (Å²) in [7, 11) is 1.74. The van der Waals surface area contributed by atoms with E-state index < -0.39 is 0 Å². The lowest BCUT2D eigenvalue weighted by atomic mass is 10.1. The zero-order valence-corrected chi connectivity index (χ0v) is 12.1. The summed E-state index contributed by atoms with van der Waals surface area (Å²) in [6, 6.07) is 11.1. The molecule has 0 atom stereocenters. The van der Waals surface area contributed by atoms with Crippen LogP contribution in [0, 0.1) is 0 Å². The number of aromatic nitrogens is 4. The molecule has 2 heterocycles. The molecule has 22 heavy (non-hydrogen) atoms. The van der Waals surface area contributed by atoms with Gasteiger partial charge in [0.25, 0.3) is 5.91 Å². The van der Waals surface area contributed by atoms with Gasteiger partial charge in [0.1, 0.15) is 12.7 Å². The lowest BCUT2D eigenvalue weighted by Crippen LogP contribution is -2.26. The van der Waals surface area contributed by atoms with Crippen LogP contribution < -0.4 is 4.90 Å². The first kappa shape index (κ1) is 13.9. The van der Waals surface area contributed by atoms with E-state index >= 15 is 0 Å². The number of carbonyl (C=O) groups excluding carboxylic acids is 1. The van der Waals surface area contributed by atoms with Gasteiger partial charge in [-0.15, -0.1) is 0 Å². The van der Waals surface area contributed by atoms with Crippen molar-refractivity contribution < 1.29 is 4.79 Å². The second-order valence-electron chi connectivity index (χ2n) is 4.87. The number of nitrogens with zero attached hydrogens (tertiary/aromatic N) is 5. The summed E-state index contributed by atoms with van der Waals surface area (Å²) in [5, 5.41) is 4.06. The van der Waals surface area contributed by atoms with Gasteiger partial charge >= 0.3 is 0 Å². The molecule has 6 heteroatoms. The van der Waals surface area contributed by atoms with Crippen LogP contribution in [-0.4, -0.2) is 32.7 Å². The number of pyridine rings is 1. The summed E-state index contributed by atoms with van der Waals surface area (Å²) >= 11 is 0. The van der Waals surface area contributed by atoms with Gasteiger partial charge in [-0.3, -0.25) is 9.78 Å². The van der Waals surface area contributed by atoms with Crippen LogP contribution in [0.25, 0.3) is 0 Å². The summed E-state index contributed by atoms with van der Waals surface area (Å²) in [5.74, 6) is -0.0692. The molecule has 0 N–H and O–H groups in total. The molecule has 0 aliphatic rings. The molecule has 3 rings (SSSR count). The first-order valence-corrected chi connectivity index (χ1v) is 6.83. The van der Waals surface area contributed by atoms with E-state index in [0.29, 0.717) is 12.1 Å². The van der Waals surface area contributed by atoms with Crippen LogP contribution in [-0.2, 0) is 6.54 Å². The van der Waals surface area contributed by atoms with Gasteiger partial charge in [0.05, 0.1) is 18.4 Å². The largest absolute Gasteiger partial charge is 0.310 e. The molecule has 0 aliphatic heterocycles. The van der Waals surface area contributed by atoms with E-state index in [0.717, 1.165) is 11.3 Å². The SMILES string of the molecule is CN(C(=O)c1ccc(Cn2cncn2)cc1)c1cccnc1. The van der Waals surface area contributed by atoms with E-state index in [4.69, 9.17) is 0 Å². The van der Waals surface area contributed by atoms with Crippen molar-refractivity contribution in [2.45, 2.75) is 6.54 Å². The molecule has 3 aromatic rings. The molecule has 0 fully saturated rings. The average Bonchev–Trinajstić information content (AvgIpc) is 3.08. The lowest BCUT2D eigenvalue weighted by Gasteiger charge is -2.17. The fourth-order valence-corrected chi connectivity index (χ4v) is 2.12. The first-order chi connectivity index (χ1) is 10.7. The monoisotopic (exact) mass is 293 g/mol. The molecule has 1 amide bonds. The Morgan fingerprint density at radius 2 is 2.00 bits per heavy atom. The number of carbonyl (C=O) groups is 1. The van der Waals surface area contributed by atoms with E-state index in [2.05, 4.69) is 15.1 Å². The predicted octanol–water partition coefficient (Wildman–Crippen LogP) is 2.00. The summed E-state index contributed by atoms with van der Waals surface area (Å²) < 4.78 is 1.73. The Balaban J connectivity index is 1.73. The van der Waals surface area contributed by atoms with Gasteiger partial charge in [-0.25, -0.2) is 9.67 Å². The molecule has 0 bridgehead atoms. The highest BCUT2D eigenvalue weighted by molar-refractivity contribution is 6.05. The van der Waals surface area contributed by atoms with Crippen LogP contribution >= 0.6 is 0 Å². The quantitative estimate of drug-likeness (QED) is 0.738. The Morgan fingerprint density at radius 1 is 1.18 bits per heavy atom. The molecule has 0 aliphatic carbocycles. The fraction of sp³-hybridized carbons (Fsp3) is 0.125. The van der Waals surface area contributed by atoms with Crippen molar-refractivity contribution in [3.63, 3.8) is 0 Å². The van der Waals surface area contributed by atoms with Gasteiger partial charge in [0.2, 0.25) is 0 Å². The lowest BCUT2D eigenvalue weighted by molar-refractivity contribution is 0.0993. The maximum absolute atomic E-state index is 12.4. The highest BCUT2D eigenvalue weighted by Gasteiger charge is 2.13. The van der Waals surface area contributed by atoms with Crippen molar-refractivity contribution in [1.82, 2.24) is 19.7 Å².